The highest BCUT2D eigenvalue weighted by molar-refractivity contribution is 5.95. The molecule has 1 aliphatic carbocycles. The Morgan fingerprint density at radius 2 is 2.00 bits per heavy atom. The molecule has 0 fully saturated rings. The Morgan fingerprint density at radius 3 is 2.65 bits per heavy atom. The normalized spacial score (nSPS) is 16.9. The smallest absolute Gasteiger partial charge is 0.258 e. The Labute approximate surface area is 183 Å². The van der Waals surface area contributed by atoms with Crippen LogP contribution in [0.15, 0.2) is 53.8 Å². The van der Waals surface area contributed by atoms with Crippen molar-refractivity contribution in [2.75, 3.05) is 26.8 Å². The van der Waals surface area contributed by atoms with Crippen LogP contribution in [0.5, 0.6) is 0 Å². The van der Waals surface area contributed by atoms with Crippen LogP contribution >= 0.6 is 0 Å². The Kier molecular flexibility index (Phi) is 9.72. The Morgan fingerprint density at radius 1 is 1.29 bits per heavy atom. The summed E-state index contributed by atoms with van der Waals surface area (Å²) in [6.07, 6.45) is 3.05. The van der Waals surface area contributed by atoms with Crippen LogP contribution in [0.1, 0.15) is 32.3 Å². The molecule has 0 bridgehead atoms. The van der Waals surface area contributed by atoms with Crippen LogP contribution in [0.3, 0.4) is 0 Å². The standard InChI is InChI=1S/C24H33FN2O4/c1-17(2)12-13-27(3)24(30)23-20(25)10-7-11-21(23)31-16-22(29)26-19(15-28)14-18-8-5-4-6-9-18/h4-9,11,17,19-20,28H,10,12-16H2,1-3H3,(H,26,29)/t19-,20?/m0/s1. The molecule has 31 heavy (non-hydrogen) atoms. The molecule has 7 heteroatoms. The van der Waals surface area contributed by atoms with E-state index in [1.54, 1.807) is 19.2 Å². The number of benzene rings is 1. The van der Waals surface area contributed by atoms with Crippen LogP contribution in [0.25, 0.3) is 0 Å². The zero-order chi connectivity index (χ0) is 22.8. The first-order valence-electron chi connectivity index (χ1n) is 10.7. The van der Waals surface area contributed by atoms with Crippen LogP contribution in [0.2, 0.25) is 0 Å². The van der Waals surface area contributed by atoms with Crippen molar-refractivity contribution in [1.82, 2.24) is 10.2 Å². The molecule has 1 unspecified atom stereocenters. The van der Waals surface area contributed by atoms with Crippen molar-refractivity contribution in [2.24, 2.45) is 5.92 Å². The number of hydrogen-bond donors (Lipinski definition) is 2. The molecule has 0 radical (unpaired) electrons. The molecule has 170 valence electrons. The van der Waals surface area contributed by atoms with Gasteiger partial charge in [-0.1, -0.05) is 50.3 Å². The fraction of sp³-hybridized carbons (Fsp3) is 0.500. The third-order valence-electron chi connectivity index (χ3n) is 5.08. The molecule has 2 N–H and O–H groups in total. The van der Waals surface area contributed by atoms with E-state index in [-0.39, 0.29) is 31.0 Å². The van der Waals surface area contributed by atoms with Gasteiger partial charge in [0.05, 0.1) is 18.2 Å². The summed E-state index contributed by atoms with van der Waals surface area (Å²) in [5.74, 6) is -0.368. The first kappa shape index (κ1) is 24.6. The Balaban J connectivity index is 1.99. The van der Waals surface area contributed by atoms with E-state index in [9.17, 15) is 19.1 Å². The molecule has 2 rings (SSSR count). The number of aliphatic hydroxyl groups is 1. The molecule has 6 nitrogen and oxygen atoms in total. The zero-order valence-corrected chi connectivity index (χ0v) is 18.5. The van der Waals surface area contributed by atoms with Crippen molar-refractivity contribution in [1.29, 1.82) is 0 Å². The average Bonchev–Trinajstić information content (AvgIpc) is 2.75. The summed E-state index contributed by atoms with van der Waals surface area (Å²) in [6, 6.07) is 9.04. The second-order valence-electron chi connectivity index (χ2n) is 8.22. The van der Waals surface area contributed by atoms with Gasteiger partial charge in [0.15, 0.2) is 6.61 Å². The SMILES string of the molecule is CC(C)CCN(C)C(=O)C1=C(OCC(=O)N[C@H](CO)Cc2ccccc2)C=CCC1F. The molecule has 1 aromatic rings. The number of rotatable bonds is 11. The number of carbonyl (C=O) groups excluding carboxylic acids is 2. The first-order chi connectivity index (χ1) is 14.8. The van der Waals surface area contributed by atoms with Gasteiger partial charge in [-0.3, -0.25) is 9.59 Å². The summed E-state index contributed by atoms with van der Waals surface area (Å²) in [6.45, 7) is 4.04. The van der Waals surface area contributed by atoms with Gasteiger partial charge in [-0.2, -0.15) is 0 Å². The summed E-state index contributed by atoms with van der Waals surface area (Å²) in [5.41, 5.74) is 0.933. The van der Waals surface area contributed by atoms with Gasteiger partial charge in [0, 0.05) is 20.0 Å². The molecule has 0 saturated carbocycles. The summed E-state index contributed by atoms with van der Waals surface area (Å²) in [5, 5.41) is 12.3. The molecular weight excluding hydrogens is 399 g/mol. The monoisotopic (exact) mass is 432 g/mol. The van der Waals surface area contributed by atoms with Crippen LogP contribution in [0, 0.1) is 5.92 Å². The van der Waals surface area contributed by atoms with E-state index in [1.165, 1.54) is 4.90 Å². The molecule has 0 heterocycles. The van der Waals surface area contributed by atoms with Crippen LogP contribution in [-0.2, 0) is 20.7 Å². The lowest BCUT2D eigenvalue weighted by Crippen LogP contribution is -2.41. The molecule has 2 amide bonds. The number of aliphatic hydroxyl groups excluding tert-OH is 1. The largest absolute Gasteiger partial charge is 0.483 e. The lowest BCUT2D eigenvalue weighted by Gasteiger charge is -2.25. The van der Waals surface area contributed by atoms with Crippen molar-refractivity contribution in [3.05, 3.63) is 59.4 Å². The zero-order valence-electron chi connectivity index (χ0n) is 18.5. The number of halogens is 1. The van der Waals surface area contributed by atoms with E-state index in [1.807, 2.05) is 30.3 Å². The van der Waals surface area contributed by atoms with Gasteiger partial charge >= 0.3 is 0 Å². The molecule has 0 aromatic heterocycles. The van der Waals surface area contributed by atoms with Crippen molar-refractivity contribution >= 4 is 11.8 Å². The molecule has 1 aliphatic rings. The van der Waals surface area contributed by atoms with E-state index in [4.69, 9.17) is 4.74 Å². The number of likely N-dealkylation sites (N-methyl/N-ethyl adjacent to an activating group) is 1. The molecule has 0 spiro atoms. The maximum Gasteiger partial charge on any atom is 0.258 e. The van der Waals surface area contributed by atoms with Gasteiger partial charge in [-0.15, -0.1) is 0 Å². The van der Waals surface area contributed by atoms with E-state index in [0.29, 0.717) is 18.9 Å². The average molecular weight is 433 g/mol. The predicted octanol–water partition coefficient (Wildman–Crippen LogP) is 2.78. The lowest BCUT2D eigenvalue weighted by molar-refractivity contribution is -0.128. The Hall–Kier alpha value is -2.67. The van der Waals surface area contributed by atoms with Gasteiger partial charge in [-0.05, 0) is 30.4 Å². The molecule has 0 aliphatic heterocycles. The number of carbonyl (C=O) groups is 2. The van der Waals surface area contributed by atoms with Crippen LogP contribution < -0.4 is 5.32 Å². The van der Waals surface area contributed by atoms with E-state index >= 15 is 0 Å². The molecule has 1 aromatic carbocycles. The minimum absolute atomic E-state index is 0.0513. The van der Waals surface area contributed by atoms with Gasteiger partial charge in [0.2, 0.25) is 0 Å². The topological polar surface area (TPSA) is 78.9 Å². The third kappa shape index (κ3) is 7.83. The van der Waals surface area contributed by atoms with Gasteiger partial charge in [0.1, 0.15) is 11.9 Å². The van der Waals surface area contributed by atoms with Crippen molar-refractivity contribution in [3.8, 4) is 0 Å². The fourth-order valence-electron chi connectivity index (χ4n) is 3.25. The molecule has 0 saturated heterocycles. The van der Waals surface area contributed by atoms with E-state index in [0.717, 1.165) is 12.0 Å². The van der Waals surface area contributed by atoms with E-state index in [2.05, 4.69) is 19.2 Å². The lowest BCUT2D eigenvalue weighted by atomic mass is 9.99. The maximum absolute atomic E-state index is 14.6. The number of alkyl halides is 1. The quantitative estimate of drug-likeness (QED) is 0.564. The van der Waals surface area contributed by atoms with E-state index < -0.39 is 24.0 Å². The summed E-state index contributed by atoms with van der Waals surface area (Å²) < 4.78 is 20.1. The predicted molar refractivity (Wildman–Crippen MR) is 118 cm³/mol. The molecular formula is C24H33FN2O4. The van der Waals surface area contributed by atoms with Crippen molar-refractivity contribution in [2.45, 2.75) is 45.3 Å². The highest BCUT2D eigenvalue weighted by atomic mass is 19.1. The number of ether oxygens (including phenoxy) is 1. The third-order valence-corrected chi connectivity index (χ3v) is 5.08. The van der Waals surface area contributed by atoms with Gasteiger partial charge < -0.3 is 20.1 Å². The van der Waals surface area contributed by atoms with Crippen LogP contribution in [0.4, 0.5) is 4.39 Å². The number of nitrogens with zero attached hydrogens (tertiary/aromatic N) is 1. The number of hydrogen-bond acceptors (Lipinski definition) is 4. The number of nitrogens with one attached hydrogen (secondary N) is 1. The van der Waals surface area contributed by atoms with Crippen LogP contribution in [-0.4, -0.2) is 60.8 Å². The highest BCUT2D eigenvalue weighted by Gasteiger charge is 2.29. The first-order valence-corrected chi connectivity index (χ1v) is 10.7. The molecule has 2 atom stereocenters. The summed E-state index contributed by atoms with van der Waals surface area (Å²) >= 11 is 0. The summed E-state index contributed by atoms with van der Waals surface area (Å²) in [7, 11) is 1.64. The Bertz CT molecular complexity index is 792. The minimum Gasteiger partial charge on any atom is -0.483 e. The van der Waals surface area contributed by atoms with Crippen molar-refractivity contribution < 1.29 is 23.8 Å². The second-order valence-corrected chi connectivity index (χ2v) is 8.22. The van der Waals surface area contributed by atoms with Gasteiger partial charge in [-0.25, -0.2) is 4.39 Å². The summed E-state index contributed by atoms with van der Waals surface area (Å²) in [4.78, 5) is 26.6. The minimum atomic E-state index is -1.47. The number of allylic oxidation sites excluding steroid dienone is 2. The van der Waals surface area contributed by atoms with Crippen molar-refractivity contribution in [3.63, 3.8) is 0 Å². The second kappa shape index (κ2) is 12.2. The number of amides is 2. The van der Waals surface area contributed by atoms with Gasteiger partial charge in [0.25, 0.3) is 11.8 Å². The maximum atomic E-state index is 14.6. The highest BCUT2D eigenvalue weighted by Crippen LogP contribution is 2.25. The fourth-order valence-corrected chi connectivity index (χ4v) is 3.25.